The van der Waals surface area contributed by atoms with Gasteiger partial charge >= 0.3 is 0 Å². The van der Waals surface area contributed by atoms with Crippen molar-refractivity contribution >= 4 is 0 Å². The predicted molar refractivity (Wildman–Crippen MR) is 117 cm³/mol. The van der Waals surface area contributed by atoms with Crippen molar-refractivity contribution in [3.8, 4) is 0 Å². The van der Waals surface area contributed by atoms with Gasteiger partial charge in [0.25, 0.3) is 0 Å². The minimum Gasteiger partial charge on any atom is -1.00 e. The maximum absolute atomic E-state index is 2.29. The molecule has 0 heterocycles. The largest absolute Gasteiger partial charge is 1.00 e. The van der Waals surface area contributed by atoms with Crippen molar-refractivity contribution in [2.75, 3.05) is 34.7 Å². The molecule has 0 atom stereocenters. The molecule has 4 heteroatoms. The van der Waals surface area contributed by atoms with Gasteiger partial charge in [-0.15, -0.1) is 0 Å². The fourth-order valence-electron chi connectivity index (χ4n) is 3.14. The Hall–Kier alpha value is -0.280. The van der Waals surface area contributed by atoms with Crippen molar-refractivity contribution in [3.05, 3.63) is 35.9 Å². The van der Waals surface area contributed by atoms with Crippen LogP contribution in [0, 0.1) is 0 Å². The van der Waals surface area contributed by atoms with Gasteiger partial charge in [-0.05, 0) is 12.8 Å². The Morgan fingerprint density at radius 1 is 0.679 bits per heavy atom. The van der Waals surface area contributed by atoms with E-state index in [1.807, 2.05) is 0 Å². The van der Waals surface area contributed by atoms with Gasteiger partial charge in [-0.3, -0.25) is 0 Å². The van der Waals surface area contributed by atoms with Crippen LogP contribution in [0.5, 0.6) is 0 Å². The van der Waals surface area contributed by atoms with E-state index in [1.54, 1.807) is 0 Å². The quantitative estimate of drug-likeness (QED) is 0.297. The molecule has 2 N–H and O–H groups in total. The Kier molecular flexibility index (Phi) is 26.6. The fourth-order valence-corrected chi connectivity index (χ4v) is 3.14. The molecule has 1 rings (SSSR count). The number of nitrogens with two attached hydrogens (primary N) is 1. The SMILES string of the molecule is CCCCCCCCCCCCC[NH2+]C.C[N+](C)(C)Cc1ccccc1.[Cl-].[Cl-]. The van der Waals surface area contributed by atoms with E-state index < -0.39 is 0 Å². The second-order valence-electron chi connectivity index (χ2n) is 8.67. The third kappa shape index (κ3) is 25.7. The van der Waals surface area contributed by atoms with Crippen LogP contribution in [0.3, 0.4) is 0 Å². The second-order valence-corrected chi connectivity index (χ2v) is 8.67. The molecule has 0 aliphatic rings. The van der Waals surface area contributed by atoms with Crippen LogP contribution in [-0.4, -0.2) is 39.2 Å². The van der Waals surface area contributed by atoms with Crippen molar-refractivity contribution in [1.29, 1.82) is 0 Å². The summed E-state index contributed by atoms with van der Waals surface area (Å²) in [6, 6.07) is 10.6. The maximum atomic E-state index is 2.29. The van der Waals surface area contributed by atoms with Crippen LogP contribution in [0.4, 0.5) is 0 Å². The summed E-state index contributed by atoms with van der Waals surface area (Å²) in [5.74, 6) is 0. The van der Waals surface area contributed by atoms with Gasteiger partial charge in [0.15, 0.2) is 0 Å². The lowest BCUT2D eigenvalue weighted by Gasteiger charge is -2.23. The van der Waals surface area contributed by atoms with Crippen molar-refractivity contribution in [2.45, 2.75) is 84.1 Å². The molecular weight excluding hydrogens is 387 g/mol. The first-order valence-electron chi connectivity index (χ1n) is 11.1. The van der Waals surface area contributed by atoms with Crippen LogP contribution >= 0.6 is 0 Å². The average Bonchev–Trinajstić information content (AvgIpc) is 2.60. The summed E-state index contributed by atoms with van der Waals surface area (Å²) in [5.41, 5.74) is 1.40. The van der Waals surface area contributed by atoms with Crippen molar-refractivity contribution in [3.63, 3.8) is 0 Å². The van der Waals surface area contributed by atoms with E-state index >= 15 is 0 Å². The van der Waals surface area contributed by atoms with Crippen LogP contribution in [0.2, 0.25) is 0 Å². The first-order chi connectivity index (χ1) is 12.5. The lowest BCUT2D eigenvalue weighted by molar-refractivity contribution is -0.884. The zero-order chi connectivity index (χ0) is 19.5. The van der Waals surface area contributed by atoms with Gasteiger partial charge in [0.2, 0.25) is 0 Å². The number of unbranched alkanes of at least 4 members (excludes halogenated alkanes) is 10. The Labute approximate surface area is 189 Å². The minimum atomic E-state index is 0. The highest BCUT2D eigenvalue weighted by atomic mass is 35.5. The monoisotopic (exact) mass is 434 g/mol. The zero-order valence-corrected chi connectivity index (χ0v) is 20.9. The van der Waals surface area contributed by atoms with Crippen LogP contribution < -0.4 is 30.1 Å². The summed E-state index contributed by atoms with van der Waals surface area (Å²) in [4.78, 5) is 0. The molecule has 0 aliphatic heterocycles. The van der Waals surface area contributed by atoms with Crippen LogP contribution in [-0.2, 0) is 6.54 Å². The zero-order valence-electron chi connectivity index (χ0n) is 19.4. The molecule has 1 aromatic carbocycles. The first kappa shape index (κ1) is 32.4. The smallest absolute Gasteiger partial charge is 0.104 e. The Morgan fingerprint density at radius 3 is 1.50 bits per heavy atom. The van der Waals surface area contributed by atoms with Crippen LogP contribution in [0.25, 0.3) is 0 Å². The van der Waals surface area contributed by atoms with E-state index in [-0.39, 0.29) is 24.8 Å². The molecule has 0 unspecified atom stereocenters. The Bertz CT molecular complexity index is 379. The Morgan fingerprint density at radius 2 is 1.11 bits per heavy atom. The molecule has 0 saturated carbocycles. The molecule has 0 aliphatic carbocycles. The summed E-state index contributed by atoms with van der Waals surface area (Å²) in [5, 5.41) is 2.29. The highest BCUT2D eigenvalue weighted by molar-refractivity contribution is 5.13. The molecule has 0 bridgehead atoms. The number of quaternary nitrogens is 2. The number of hydrogen-bond donors (Lipinski definition) is 1. The predicted octanol–water partition coefficient (Wildman–Crippen LogP) is -0.609. The van der Waals surface area contributed by atoms with E-state index in [4.69, 9.17) is 0 Å². The molecule has 0 spiro atoms. The van der Waals surface area contributed by atoms with Crippen molar-refractivity contribution in [2.24, 2.45) is 0 Å². The van der Waals surface area contributed by atoms with Gasteiger partial charge in [0.05, 0.1) is 34.7 Å². The van der Waals surface area contributed by atoms with Gasteiger partial charge < -0.3 is 34.6 Å². The van der Waals surface area contributed by atoms with E-state index in [0.717, 1.165) is 11.0 Å². The number of nitrogens with zero attached hydrogens (tertiary/aromatic N) is 1. The molecule has 0 radical (unpaired) electrons. The number of halogens is 2. The lowest BCUT2D eigenvalue weighted by atomic mass is 10.1. The Balaban J connectivity index is -0.000000431. The minimum absolute atomic E-state index is 0. The fraction of sp³-hybridized carbons (Fsp3) is 0.750. The van der Waals surface area contributed by atoms with Crippen LogP contribution in [0.15, 0.2) is 30.3 Å². The standard InChI is InChI=1S/C14H31N.C10H16N.2ClH/c1-3-4-5-6-7-8-9-10-11-12-13-14-15-2;1-11(2,3)9-10-7-5-4-6-8-10;;/h15H,3-14H2,1-2H3;4-8H,9H2,1-3H3;2*1H/q;+1;;/p-1. The van der Waals surface area contributed by atoms with E-state index in [9.17, 15) is 0 Å². The summed E-state index contributed by atoms with van der Waals surface area (Å²) >= 11 is 0. The van der Waals surface area contributed by atoms with Gasteiger partial charge in [-0.25, -0.2) is 0 Å². The molecule has 0 aromatic heterocycles. The van der Waals surface area contributed by atoms with Gasteiger partial charge in [-0.1, -0.05) is 95.0 Å². The molecule has 168 valence electrons. The topological polar surface area (TPSA) is 16.6 Å². The molecule has 28 heavy (non-hydrogen) atoms. The van der Waals surface area contributed by atoms with Crippen molar-refractivity contribution in [1.82, 2.24) is 0 Å². The van der Waals surface area contributed by atoms with Gasteiger partial charge in [0.1, 0.15) is 6.54 Å². The summed E-state index contributed by atoms with van der Waals surface area (Å²) < 4.78 is 0.990. The van der Waals surface area contributed by atoms with Crippen LogP contribution in [0.1, 0.15) is 83.1 Å². The highest BCUT2D eigenvalue weighted by Crippen LogP contribution is 2.10. The maximum Gasteiger partial charge on any atom is 0.104 e. The number of rotatable bonds is 14. The summed E-state index contributed by atoms with van der Waals surface area (Å²) in [6.07, 6.45) is 15.9. The molecule has 2 nitrogen and oxygen atoms in total. The van der Waals surface area contributed by atoms with Gasteiger partial charge in [0, 0.05) is 5.56 Å². The average molecular weight is 436 g/mol. The van der Waals surface area contributed by atoms with Gasteiger partial charge in [-0.2, -0.15) is 0 Å². The normalized spacial score (nSPS) is 10.3. The molecule has 0 fully saturated rings. The first-order valence-corrected chi connectivity index (χ1v) is 11.1. The highest BCUT2D eigenvalue weighted by Gasteiger charge is 2.06. The number of hydrogen-bond acceptors (Lipinski definition) is 0. The number of benzene rings is 1. The van der Waals surface area contributed by atoms with E-state index in [0.29, 0.717) is 0 Å². The van der Waals surface area contributed by atoms with Crippen molar-refractivity contribution < 1.29 is 34.6 Å². The lowest BCUT2D eigenvalue weighted by Crippen LogP contribution is -3.00. The van der Waals surface area contributed by atoms with E-state index in [2.05, 4.69) is 70.8 Å². The molecule has 1 aromatic rings. The molecular formula is C24H48Cl2N2. The molecule has 0 amide bonds. The summed E-state index contributed by atoms with van der Waals surface area (Å²) in [7, 11) is 8.77. The van der Waals surface area contributed by atoms with E-state index in [1.165, 1.54) is 82.7 Å². The second kappa shape index (κ2) is 23.0. The third-order valence-electron chi connectivity index (χ3n) is 4.60. The summed E-state index contributed by atoms with van der Waals surface area (Å²) in [6.45, 7) is 4.70. The third-order valence-corrected chi connectivity index (χ3v) is 4.60. The molecule has 0 saturated heterocycles.